The van der Waals surface area contributed by atoms with Crippen LogP contribution in [0.15, 0.2) is 64.7 Å². The zero-order valence-corrected chi connectivity index (χ0v) is 14.5. The third-order valence-electron chi connectivity index (χ3n) is 2.82. The predicted octanol–water partition coefficient (Wildman–Crippen LogP) is 4.43. The largest absolute Gasteiger partial charge is 0.489 e. The highest BCUT2D eigenvalue weighted by atomic mass is 79.9. The van der Waals surface area contributed by atoms with Crippen LogP contribution in [0.4, 0.5) is 0 Å². The lowest BCUT2D eigenvalue weighted by Crippen LogP contribution is -2.18. The molecule has 2 rings (SSSR count). The molecule has 0 aliphatic heterocycles. The van der Waals surface area contributed by atoms with E-state index in [2.05, 4.69) is 33.0 Å². The molecule has 4 nitrogen and oxygen atoms in total. The van der Waals surface area contributed by atoms with Gasteiger partial charge in [0.1, 0.15) is 12.4 Å². The Labute approximate surface area is 147 Å². The van der Waals surface area contributed by atoms with Gasteiger partial charge in [0.05, 0.1) is 11.8 Å². The normalized spacial score (nSPS) is 10.5. The average Bonchev–Trinajstić information content (AvgIpc) is 2.54. The van der Waals surface area contributed by atoms with Crippen LogP contribution in [-0.4, -0.2) is 18.7 Å². The summed E-state index contributed by atoms with van der Waals surface area (Å²) in [6.45, 7) is 3.97. The first-order valence-electron chi connectivity index (χ1n) is 6.73. The third kappa shape index (κ3) is 4.94. The molecule has 23 heavy (non-hydrogen) atoms. The molecule has 0 fully saturated rings. The highest BCUT2D eigenvalue weighted by Gasteiger charge is 2.08. The topological polar surface area (TPSA) is 50.7 Å². The van der Waals surface area contributed by atoms with Crippen LogP contribution < -0.4 is 10.2 Å². The SMILES string of the molecule is C=CCOc1ccc(Cl)cc1/C=N/NC(=O)c1ccccc1Br. The first kappa shape index (κ1) is 17.2. The number of carbonyl (C=O) groups excluding carboxylic acids is 1. The molecule has 0 unspecified atom stereocenters. The van der Waals surface area contributed by atoms with Gasteiger partial charge in [-0.05, 0) is 46.3 Å². The molecule has 0 bridgehead atoms. The van der Waals surface area contributed by atoms with Crippen molar-refractivity contribution < 1.29 is 9.53 Å². The quantitative estimate of drug-likeness (QED) is 0.448. The highest BCUT2D eigenvalue weighted by Crippen LogP contribution is 2.21. The molecule has 0 atom stereocenters. The van der Waals surface area contributed by atoms with Gasteiger partial charge in [0.15, 0.2) is 0 Å². The van der Waals surface area contributed by atoms with Gasteiger partial charge in [0, 0.05) is 15.1 Å². The Morgan fingerprint density at radius 3 is 2.87 bits per heavy atom. The molecule has 0 saturated heterocycles. The number of rotatable bonds is 6. The zero-order chi connectivity index (χ0) is 16.7. The Bertz CT molecular complexity index is 747. The van der Waals surface area contributed by atoms with Gasteiger partial charge in [-0.3, -0.25) is 4.79 Å². The van der Waals surface area contributed by atoms with Crippen LogP contribution in [0.2, 0.25) is 5.02 Å². The van der Waals surface area contributed by atoms with E-state index in [1.807, 2.05) is 6.07 Å². The summed E-state index contributed by atoms with van der Waals surface area (Å²) in [5.74, 6) is 0.289. The maximum absolute atomic E-state index is 12.1. The smallest absolute Gasteiger partial charge is 0.272 e. The number of carbonyl (C=O) groups is 1. The summed E-state index contributed by atoms with van der Waals surface area (Å²) in [6.07, 6.45) is 3.13. The van der Waals surface area contributed by atoms with Crippen LogP contribution in [-0.2, 0) is 0 Å². The number of nitrogens with one attached hydrogen (secondary N) is 1. The summed E-state index contributed by atoms with van der Waals surface area (Å²) in [4.78, 5) is 12.1. The van der Waals surface area contributed by atoms with Crippen LogP contribution in [0.5, 0.6) is 5.75 Å². The molecule has 0 aromatic heterocycles. The molecule has 0 aliphatic carbocycles. The number of halogens is 2. The van der Waals surface area contributed by atoms with Crippen LogP contribution in [0.1, 0.15) is 15.9 Å². The number of hydrogen-bond acceptors (Lipinski definition) is 3. The lowest BCUT2D eigenvalue weighted by molar-refractivity contribution is 0.0954. The first-order valence-corrected chi connectivity index (χ1v) is 7.90. The maximum atomic E-state index is 12.1. The van der Waals surface area contributed by atoms with E-state index >= 15 is 0 Å². The second kappa shape index (κ2) is 8.50. The number of hydrazone groups is 1. The molecule has 6 heteroatoms. The molecule has 0 saturated carbocycles. The standard InChI is InChI=1S/C17H14BrClN2O2/c1-2-9-23-16-8-7-13(19)10-12(16)11-20-21-17(22)14-5-3-4-6-15(14)18/h2-8,10-11H,1,9H2,(H,21,22)/b20-11+. The van der Waals surface area contributed by atoms with Gasteiger partial charge in [0.25, 0.3) is 5.91 Å². The van der Waals surface area contributed by atoms with E-state index < -0.39 is 0 Å². The lowest BCUT2D eigenvalue weighted by atomic mass is 10.2. The Kier molecular flexibility index (Phi) is 6.38. The van der Waals surface area contributed by atoms with E-state index in [9.17, 15) is 4.79 Å². The van der Waals surface area contributed by atoms with Crippen molar-refractivity contribution >= 4 is 39.7 Å². The van der Waals surface area contributed by atoms with Crippen molar-refractivity contribution in [3.8, 4) is 5.75 Å². The summed E-state index contributed by atoms with van der Waals surface area (Å²) in [7, 11) is 0. The van der Waals surface area contributed by atoms with Crippen molar-refractivity contribution in [2.75, 3.05) is 6.61 Å². The lowest BCUT2D eigenvalue weighted by Gasteiger charge is -2.07. The van der Waals surface area contributed by atoms with E-state index in [-0.39, 0.29) is 5.91 Å². The van der Waals surface area contributed by atoms with Gasteiger partial charge in [-0.15, -0.1) is 0 Å². The van der Waals surface area contributed by atoms with Crippen molar-refractivity contribution in [2.24, 2.45) is 5.10 Å². The Morgan fingerprint density at radius 1 is 1.35 bits per heavy atom. The van der Waals surface area contributed by atoms with Crippen molar-refractivity contribution in [1.82, 2.24) is 5.43 Å². The molecule has 1 N–H and O–H groups in total. The number of hydrogen-bond donors (Lipinski definition) is 1. The van der Waals surface area contributed by atoms with E-state index in [1.165, 1.54) is 6.21 Å². The van der Waals surface area contributed by atoms with Gasteiger partial charge in [-0.2, -0.15) is 5.10 Å². The second-order valence-electron chi connectivity index (χ2n) is 4.46. The zero-order valence-electron chi connectivity index (χ0n) is 12.1. The molecular weight excluding hydrogens is 380 g/mol. The van der Waals surface area contributed by atoms with Gasteiger partial charge < -0.3 is 4.74 Å². The fourth-order valence-electron chi connectivity index (χ4n) is 1.77. The van der Waals surface area contributed by atoms with Crippen molar-refractivity contribution in [3.05, 3.63) is 75.7 Å². The predicted molar refractivity (Wildman–Crippen MR) is 96.3 cm³/mol. The van der Waals surface area contributed by atoms with Gasteiger partial charge in [-0.25, -0.2) is 5.43 Å². The molecule has 0 aliphatic rings. The van der Waals surface area contributed by atoms with E-state index in [0.29, 0.717) is 33.0 Å². The third-order valence-corrected chi connectivity index (χ3v) is 3.74. The molecule has 0 spiro atoms. The van der Waals surface area contributed by atoms with Gasteiger partial charge in [0.2, 0.25) is 0 Å². The number of benzene rings is 2. The molecule has 1 amide bonds. The molecule has 0 radical (unpaired) electrons. The molecular formula is C17H14BrClN2O2. The number of ether oxygens (including phenoxy) is 1. The Morgan fingerprint density at radius 2 is 2.13 bits per heavy atom. The number of nitrogens with zero attached hydrogens (tertiary/aromatic N) is 1. The minimum absolute atomic E-state index is 0.315. The average molecular weight is 394 g/mol. The molecule has 2 aromatic rings. The summed E-state index contributed by atoms with van der Waals surface area (Å²) in [5, 5.41) is 4.51. The van der Waals surface area contributed by atoms with Crippen molar-refractivity contribution in [2.45, 2.75) is 0 Å². The summed E-state index contributed by atoms with van der Waals surface area (Å²) in [5.41, 5.74) is 3.63. The summed E-state index contributed by atoms with van der Waals surface area (Å²) >= 11 is 9.30. The number of amides is 1. The monoisotopic (exact) mass is 392 g/mol. The van der Waals surface area contributed by atoms with E-state index in [4.69, 9.17) is 16.3 Å². The Balaban J connectivity index is 2.11. The summed E-state index contributed by atoms with van der Waals surface area (Å²) < 4.78 is 6.21. The van der Waals surface area contributed by atoms with Crippen molar-refractivity contribution in [3.63, 3.8) is 0 Å². The maximum Gasteiger partial charge on any atom is 0.272 e. The minimum Gasteiger partial charge on any atom is -0.489 e. The van der Waals surface area contributed by atoms with Gasteiger partial charge >= 0.3 is 0 Å². The van der Waals surface area contributed by atoms with E-state index in [0.717, 1.165) is 0 Å². The van der Waals surface area contributed by atoms with Crippen LogP contribution in [0.25, 0.3) is 0 Å². The van der Waals surface area contributed by atoms with Crippen LogP contribution in [0, 0.1) is 0 Å². The Hall–Kier alpha value is -2.11. The second-order valence-corrected chi connectivity index (χ2v) is 5.75. The fourth-order valence-corrected chi connectivity index (χ4v) is 2.41. The van der Waals surface area contributed by atoms with Crippen LogP contribution >= 0.6 is 27.5 Å². The molecule has 0 heterocycles. The highest BCUT2D eigenvalue weighted by molar-refractivity contribution is 9.10. The molecule has 2 aromatic carbocycles. The van der Waals surface area contributed by atoms with E-state index in [1.54, 1.807) is 42.5 Å². The van der Waals surface area contributed by atoms with Crippen molar-refractivity contribution in [1.29, 1.82) is 0 Å². The van der Waals surface area contributed by atoms with Gasteiger partial charge in [-0.1, -0.05) is 36.4 Å². The molecule has 118 valence electrons. The van der Waals surface area contributed by atoms with Crippen LogP contribution in [0.3, 0.4) is 0 Å². The minimum atomic E-state index is -0.315. The fraction of sp³-hybridized carbons (Fsp3) is 0.0588. The summed E-state index contributed by atoms with van der Waals surface area (Å²) in [6, 6.07) is 12.3. The first-order chi connectivity index (χ1) is 11.1.